The molecular formula is C13H21NO2. The van der Waals surface area contributed by atoms with Crippen molar-refractivity contribution in [3.8, 4) is 0 Å². The first-order chi connectivity index (χ1) is 7.36. The van der Waals surface area contributed by atoms with Crippen LogP contribution in [0.2, 0.25) is 0 Å². The van der Waals surface area contributed by atoms with Crippen molar-refractivity contribution < 1.29 is 9.90 Å². The molecule has 0 fully saturated rings. The van der Waals surface area contributed by atoms with Gasteiger partial charge in [-0.15, -0.1) is 0 Å². The van der Waals surface area contributed by atoms with Crippen LogP contribution in [-0.4, -0.2) is 21.1 Å². The Hall–Kier alpha value is -1.09. The van der Waals surface area contributed by atoms with E-state index in [-0.39, 0.29) is 11.7 Å². The molecule has 1 atom stereocenters. The van der Waals surface area contributed by atoms with E-state index in [1.807, 2.05) is 29.9 Å². The summed E-state index contributed by atoms with van der Waals surface area (Å²) in [5.74, 6) is 0.0967. The van der Waals surface area contributed by atoms with Crippen molar-refractivity contribution in [2.45, 2.75) is 45.1 Å². The first-order valence-corrected chi connectivity index (χ1v) is 5.73. The SMILES string of the molecule is CC[C@@H](CC(=O)C(C)(C)O)c1cccn1C. The van der Waals surface area contributed by atoms with Gasteiger partial charge in [0.1, 0.15) is 5.60 Å². The van der Waals surface area contributed by atoms with Gasteiger partial charge in [0, 0.05) is 31.3 Å². The zero-order valence-electron chi connectivity index (χ0n) is 10.5. The Bertz CT molecular complexity index is 360. The number of aryl methyl sites for hydroxylation is 1. The molecule has 90 valence electrons. The normalized spacial score (nSPS) is 13.8. The van der Waals surface area contributed by atoms with E-state index < -0.39 is 5.60 Å². The largest absolute Gasteiger partial charge is 0.383 e. The minimum absolute atomic E-state index is 0.0967. The van der Waals surface area contributed by atoms with Gasteiger partial charge in [-0.2, -0.15) is 0 Å². The summed E-state index contributed by atoms with van der Waals surface area (Å²) in [5, 5.41) is 9.64. The van der Waals surface area contributed by atoms with Crippen molar-refractivity contribution >= 4 is 5.78 Å². The minimum Gasteiger partial charge on any atom is -0.383 e. The smallest absolute Gasteiger partial charge is 0.164 e. The van der Waals surface area contributed by atoms with Gasteiger partial charge in [0.15, 0.2) is 5.78 Å². The molecule has 0 amide bonds. The molecule has 0 saturated heterocycles. The lowest BCUT2D eigenvalue weighted by molar-refractivity contribution is -0.134. The molecule has 0 aliphatic rings. The number of aromatic nitrogens is 1. The van der Waals surface area contributed by atoms with Crippen molar-refractivity contribution in [1.29, 1.82) is 0 Å². The molecule has 0 unspecified atom stereocenters. The second-order valence-corrected chi connectivity index (χ2v) is 4.84. The summed E-state index contributed by atoms with van der Waals surface area (Å²) in [6.07, 6.45) is 3.28. The lowest BCUT2D eigenvalue weighted by Gasteiger charge is -2.21. The van der Waals surface area contributed by atoms with E-state index in [1.54, 1.807) is 13.8 Å². The van der Waals surface area contributed by atoms with Crippen LogP contribution in [0.25, 0.3) is 0 Å². The van der Waals surface area contributed by atoms with Gasteiger partial charge < -0.3 is 9.67 Å². The Morgan fingerprint density at radius 1 is 1.56 bits per heavy atom. The highest BCUT2D eigenvalue weighted by Crippen LogP contribution is 2.25. The van der Waals surface area contributed by atoms with E-state index in [1.165, 1.54) is 0 Å². The van der Waals surface area contributed by atoms with Crippen LogP contribution >= 0.6 is 0 Å². The van der Waals surface area contributed by atoms with Crippen molar-refractivity contribution in [2.75, 3.05) is 0 Å². The third kappa shape index (κ3) is 2.95. The zero-order chi connectivity index (χ0) is 12.3. The molecule has 1 N–H and O–H groups in total. The summed E-state index contributed by atoms with van der Waals surface area (Å²) in [4.78, 5) is 11.8. The van der Waals surface area contributed by atoms with Crippen LogP contribution < -0.4 is 0 Å². The number of rotatable bonds is 5. The lowest BCUT2D eigenvalue weighted by atomic mass is 9.90. The second kappa shape index (κ2) is 4.83. The average Bonchev–Trinajstić information content (AvgIpc) is 2.59. The minimum atomic E-state index is -1.22. The summed E-state index contributed by atoms with van der Waals surface area (Å²) in [5.41, 5.74) is -0.0708. The van der Waals surface area contributed by atoms with E-state index in [4.69, 9.17) is 0 Å². The standard InChI is InChI=1S/C13H21NO2/c1-5-10(9-12(15)13(2,3)16)11-7-6-8-14(11)4/h6-8,10,16H,5,9H2,1-4H3/t10-/m0/s1. The lowest BCUT2D eigenvalue weighted by Crippen LogP contribution is -2.32. The highest BCUT2D eigenvalue weighted by molar-refractivity contribution is 5.86. The maximum Gasteiger partial charge on any atom is 0.164 e. The maximum absolute atomic E-state index is 11.8. The van der Waals surface area contributed by atoms with Gasteiger partial charge in [0.05, 0.1) is 0 Å². The number of nitrogens with zero attached hydrogens (tertiary/aromatic N) is 1. The van der Waals surface area contributed by atoms with Crippen molar-refractivity contribution in [2.24, 2.45) is 7.05 Å². The number of ketones is 1. The van der Waals surface area contributed by atoms with E-state index in [9.17, 15) is 9.90 Å². The molecule has 1 rings (SSSR count). The monoisotopic (exact) mass is 223 g/mol. The zero-order valence-corrected chi connectivity index (χ0v) is 10.5. The van der Waals surface area contributed by atoms with E-state index in [0.717, 1.165) is 12.1 Å². The fourth-order valence-corrected chi connectivity index (χ4v) is 1.83. The number of aliphatic hydroxyl groups is 1. The Kier molecular flexibility index (Phi) is 3.92. The highest BCUT2D eigenvalue weighted by Gasteiger charge is 2.27. The average molecular weight is 223 g/mol. The van der Waals surface area contributed by atoms with E-state index >= 15 is 0 Å². The van der Waals surface area contributed by atoms with Crippen LogP contribution in [0.4, 0.5) is 0 Å². The Morgan fingerprint density at radius 2 is 2.19 bits per heavy atom. The fraction of sp³-hybridized carbons (Fsp3) is 0.615. The Labute approximate surface area is 97.1 Å². The van der Waals surface area contributed by atoms with E-state index in [2.05, 4.69) is 6.92 Å². The molecule has 0 bridgehead atoms. The highest BCUT2D eigenvalue weighted by atomic mass is 16.3. The Balaban J connectivity index is 2.78. The number of hydrogen-bond donors (Lipinski definition) is 1. The predicted octanol–water partition coefficient (Wildman–Crippen LogP) is 2.25. The van der Waals surface area contributed by atoms with Gasteiger partial charge in [0.2, 0.25) is 0 Å². The van der Waals surface area contributed by atoms with Crippen LogP contribution in [0.15, 0.2) is 18.3 Å². The van der Waals surface area contributed by atoms with Crippen molar-refractivity contribution in [3.05, 3.63) is 24.0 Å². The number of carbonyl (C=O) groups is 1. The molecule has 0 radical (unpaired) electrons. The maximum atomic E-state index is 11.8. The first-order valence-electron chi connectivity index (χ1n) is 5.73. The van der Waals surface area contributed by atoms with Gasteiger partial charge >= 0.3 is 0 Å². The van der Waals surface area contributed by atoms with Gasteiger partial charge in [-0.05, 0) is 32.4 Å². The van der Waals surface area contributed by atoms with Gasteiger partial charge in [0.25, 0.3) is 0 Å². The van der Waals surface area contributed by atoms with Gasteiger partial charge in [-0.25, -0.2) is 0 Å². The van der Waals surface area contributed by atoms with Crippen LogP contribution in [0.1, 0.15) is 45.2 Å². The molecule has 0 aliphatic carbocycles. The molecule has 1 aromatic heterocycles. The third-order valence-electron chi connectivity index (χ3n) is 3.01. The third-order valence-corrected chi connectivity index (χ3v) is 3.01. The first kappa shape index (κ1) is 13.0. The van der Waals surface area contributed by atoms with Crippen molar-refractivity contribution in [1.82, 2.24) is 4.57 Å². The molecule has 1 aromatic rings. The molecule has 3 nitrogen and oxygen atoms in total. The molecule has 16 heavy (non-hydrogen) atoms. The number of hydrogen-bond acceptors (Lipinski definition) is 2. The predicted molar refractivity (Wildman–Crippen MR) is 64.4 cm³/mol. The van der Waals surface area contributed by atoms with E-state index in [0.29, 0.717) is 6.42 Å². The van der Waals surface area contributed by atoms with Crippen LogP contribution in [0.5, 0.6) is 0 Å². The second-order valence-electron chi connectivity index (χ2n) is 4.84. The molecule has 3 heteroatoms. The van der Waals surface area contributed by atoms with Crippen LogP contribution in [0, 0.1) is 0 Å². The number of carbonyl (C=O) groups excluding carboxylic acids is 1. The molecule has 0 aliphatic heterocycles. The molecule has 1 heterocycles. The topological polar surface area (TPSA) is 42.2 Å². The summed E-state index contributed by atoms with van der Waals surface area (Å²) in [7, 11) is 1.98. The molecular weight excluding hydrogens is 202 g/mol. The summed E-state index contributed by atoms with van der Waals surface area (Å²) in [6, 6.07) is 4.01. The number of Topliss-reactive ketones (excluding diaryl/α,β-unsaturated/α-hetero) is 1. The summed E-state index contributed by atoms with van der Waals surface area (Å²) >= 11 is 0. The van der Waals surface area contributed by atoms with Crippen molar-refractivity contribution in [3.63, 3.8) is 0 Å². The van der Waals surface area contributed by atoms with Gasteiger partial charge in [-0.1, -0.05) is 6.92 Å². The summed E-state index contributed by atoms with van der Waals surface area (Å²) < 4.78 is 2.03. The Morgan fingerprint density at radius 3 is 2.56 bits per heavy atom. The molecule has 0 saturated carbocycles. The fourth-order valence-electron chi connectivity index (χ4n) is 1.83. The molecule has 0 spiro atoms. The summed E-state index contributed by atoms with van der Waals surface area (Å²) in [6.45, 7) is 5.16. The molecule has 0 aromatic carbocycles. The quantitative estimate of drug-likeness (QED) is 0.832. The van der Waals surface area contributed by atoms with Crippen LogP contribution in [-0.2, 0) is 11.8 Å². The van der Waals surface area contributed by atoms with Gasteiger partial charge in [-0.3, -0.25) is 4.79 Å². The van der Waals surface area contributed by atoms with Crippen LogP contribution in [0.3, 0.4) is 0 Å².